The van der Waals surface area contributed by atoms with Crippen molar-refractivity contribution in [2.45, 2.75) is 0 Å². The van der Waals surface area contributed by atoms with Crippen LogP contribution in [-0.2, 0) is 17.8 Å². The fraction of sp³-hybridized carbons (Fsp3) is 0. The Balaban J connectivity index is 3.94. The van der Waals surface area contributed by atoms with Crippen LogP contribution in [0.15, 0.2) is 0 Å². The molecule has 0 aliphatic heterocycles. The maximum Gasteiger partial charge on any atom is 0.480 e. The topological polar surface area (TPSA) is 117 Å². The molecule has 0 rings (SSSR count). The van der Waals surface area contributed by atoms with Crippen molar-refractivity contribution < 1.29 is 27.5 Å². The van der Waals surface area contributed by atoms with Crippen LogP contribution in [0.2, 0.25) is 0 Å². The highest BCUT2D eigenvalue weighted by Crippen LogP contribution is 2.51. The van der Waals surface area contributed by atoms with Crippen molar-refractivity contribution in [2.24, 2.45) is 0 Å². The smallest absolute Gasteiger partial charge is 0.302 e. The third kappa shape index (κ3) is 8.38. The van der Waals surface area contributed by atoms with Gasteiger partial charge in [-0.15, -0.1) is 0 Å². The quantitative estimate of drug-likeness (QED) is 0.706. The first-order chi connectivity index (χ1) is 4.81. The van der Waals surface area contributed by atoms with E-state index < -0.39 is 23.2 Å². The predicted molar refractivity (Wildman–Crippen MR) is 36.3 cm³/mol. The van der Waals surface area contributed by atoms with E-state index in [2.05, 4.69) is 8.62 Å². The molecule has 2 atom stereocenters. The number of phosphoric acid groups is 1. The fourth-order valence-electron chi connectivity index (χ4n) is 0.161. The van der Waals surface area contributed by atoms with Gasteiger partial charge in [0.2, 0.25) is 0 Å². The molecule has 0 aromatic rings. The molecule has 65 valence electrons. The van der Waals surface area contributed by atoms with Crippen molar-refractivity contribution in [3.63, 3.8) is 0 Å². The Labute approximate surface area is 67.7 Å². The zero-order valence-corrected chi connectivity index (χ0v) is 8.13. The Kier molecular flexibility index (Phi) is 4.68. The third-order valence-electron chi connectivity index (χ3n) is 0.310. The Morgan fingerprint density at radius 3 is 2.27 bits per heavy atom. The maximum absolute atomic E-state index is 9.95. The van der Waals surface area contributed by atoms with Crippen LogP contribution in [-0.4, -0.2) is 9.79 Å². The molecule has 11 heteroatoms. The zero-order chi connectivity index (χ0) is 9.07. The van der Waals surface area contributed by atoms with Gasteiger partial charge in [-0.1, -0.05) is 0 Å². The first-order valence-electron chi connectivity index (χ1n) is 1.86. The van der Waals surface area contributed by atoms with E-state index in [4.69, 9.17) is 26.0 Å². The first kappa shape index (κ1) is 11.5. The van der Waals surface area contributed by atoms with Gasteiger partial charge in [0.1, 0.15) is 0 Å². The van der Waals surface area contributed by atoms with Crippen LogP contribution < -0.4 is 0 Å². The zero-order valence-electron chi connectivity index (χ0n) is 4.69. The minimum absolute atomic E-state index is 2.66. The van der Waals surface area contributed by atoms with Crippen molar-refractivity contribution in [1.82, 2.24) is 0 Å². The summed E-state index contributed by atoms with van der Waals surface area (Å²) < 4.78 is 27.2. The lowest BCUT2D eigenvalue weighted by Gasteiger charge is -1.98. The van der Waals surface area contributed by atoms with Gasteiger partial charge >= 0.3 is 23.2 Å². The lowest BCUT2D eigenvalue weighted by atomic mass is 14.0. The van der Waals surface area contributed by atoms with Crippen molar-refractivity contribution in [3.8, 4) is 0 Å². The lowest BCUT2D eigenvalue weighted by molar-refractivity contribution is 0.287. The van der Waals surface area contributed by atoms with E-state index in [0.717, 1.165) is 0 Å². The van der Waals surface area contributed by atoms with Crippen molar-refractivity contribution in [1.29, 1.82) is 5.00 Å². The van der Waals surface area contributed by atoms with Crippen molar-refractivity contribution in [2.75, 3.05) is 0 Å². The van der Waals surface area contributed by atoms with Gasteiger partial charge in [0.25, 0.3) is 0 Å². The number of halogens is 1. The molecular formula is H2ClNO6P3. The Bertz CT molecular complexity index is 257. The summed E-state index contributed by atoms with van der Waals surface area (Å²) in [5.41, 5.74) is 0. The van der Waals surface area contributed by atoms with Gasteiger partial charge in [0, 0.05) is 11.2 Å². The van der Waals surface area contributed by atoms with Crippen molar-refractivity contribution in [3.05, 3.63) is 0 Å². The molecule has 0 bridgehead atoms. The summed E-state index contributed by atoms with van der Waals surface area (Å²) in [6, 6.07) is 0. The molecule has 0 aromatic heterocycles. The molecule has 0 amide bonds. The monoisotopic (exact) mass is 240 g/mol. The van der Waals surface area contributed by atoms with Crippen LogP contribution >= 0.6 is 34.5 Å². The van der Waals surface area contributed by atoms with Crippen LogP contribution in [0, 0.1) is 5.00 Å². The molecule has 0 aromatic carbocycles. The molecule has 0 heterocycles. The van der Waals surface area contributed by atoms with Gasteiger partial charge in [0.05, 0.1) is 0 Å². The van der Waals surface area contributed by atoms with E-state index in [9.17, 15) is 9.13 Å². The van der Waals surface area contributed by atoms with E-state index >= 15 is 0 Å². The lowest BCUT2D eigenvalue weighted by Crippen LogP contribution is -1.76. The molecule has 11 heavy (non-hydrogen) atoms. The van der Waals surface area contributed by atoms with Crippen LogP contribution in [0.1, 0.15) is 0 Å². The normalized spacial score (nSPS) is 14.4. The average Bonchev–Trinajstić information content (AvgIpc) is 1.53. The molecule has 0 saturated heterocycles. The van der Waals surface area contributed by atoms with E-state index in [-0.39, 0.29) is 0 Å². The number of rotatable bonds is 2. The van der Waals surface area contributed by atoms with E-state index in [0.29, 0.717) is 0 Å². The largest absolute Gasteiger partial charge is 0.480 e. The number of hydrogen-bond acceptors (Lipinski definition) is 5. The minimum atomic E-state index is -4.81. The van der Waals surface area contributed by atoms with Gasteiger partial charge in [-0.2, -0.15) is 13.6 Å². The molecule has 0 aliphatic carbocycles. The highest BCUT2D eigenvalue weighted by atomic mass is 35.7. The first-order valence-corrected chi connectivity index (χ1v) is 6.61. The molecule has 0 saturated carbocycles. The van der Waals surface area contributed by atoms with Gasteiger partial charge < -0.3 is 9.79 Å². The molecule has 1 radical (unpaired) electrons. The van der Waals surface area contributed by atoms with Gasteiger partial charge in [0.15, 0.2) is 0 Å². The summed E-state index contributed by atoms with van der Waals surface area (Å²) in [7, 11) is -10.4. The van der Waals surface area contributed by atoms with E-state index in [1.165, 1.54) is 0 Å². The van der Waals surface area contributed by atoms with Crippen LogP contribution in [0.25, 0.3) is 0 Å². The molecule has 7 nitrogen and oxygen atoms in total. The van der Waals surface area contributed by atoms with E-state index in [1.807, 2.05) is 0 Å². The maximum atomic E-state index is 9.95. The summed E-state index contributed by atoms with van der Waals surface area (Å²) in [6.07, 6.45) is 0. The highest BCUT2D eigenvalue weighted by molar-refractivity contribution is 7.73. The third-order valence-corrected chi connectivity index (χ3v) is 3.35. The Hall–Kier alpha value is 0.470. The molecule has 0 spiro atoms. The molecule has 2 unspecified atom stereocenters. The molecular weight excluding hydrogens is 238 g/mol. The summed E-state index contributed by atoms with van der Waals surface area (Å²) in [4.78, 5) is 16.1. The average molecular weight is 240 g/mol. The van der Waals surface area contributed by atoms with Gasteiger partial charge in [-0.25, -0.2) is 9.13 Å². The summed E-state index contributed by atoms with van der Waals surface area (Å²) in [5, 5.41) is 8.42. The van der Waals surface area contributed by atoms with Crippen molar-refractivity contribution >= 4 is 34.5 Å². The molecule has 0 fully saturated rings. The molecule has 2 N–H and O–H groups in total. The standard InChI is InChI=1S/ClH2NO6P3/c1-9(3)7-10(2)8-11(4,5)6/h(H2,4,5,6). The van der Waals surface area contributed by atoms with Gasteiger partial charge in [-0.05, 0) is 0 Å². The Morgan fingerprint density at radius 2 is 2.00 bits per heavy atom. The highest BCUT2D eigenvalue weighted by Gasteiger charge is 2.20. The Morgan fingerprint density at radius 1 is 1.55 bits per heavy atom. The van der Waals surface area contributed by atoms with E-state index in [1.54, 1.807) is 0 Å². The van der Waals surface area contributed by atoms with Crippen LogP contribution in [0.3, 0.4) is 0 Å². The van der Waals surface area contributed by atoms with Gasteiger partial charge in [-0.3, -0.25) is 0 Å². The van der Waals surface area contributed by atoms with Crippen LogP contribution in [0.5, 0.6) is 0 Å². The summed E-state index contributed by atoms with van der Waals surface area (Å²) in [5.74, 6) is 0. The number of hydrogen-bond donors (Lipinski definition) is 2. The predicted octanol–water partition coefficient (Wildman–Crippen LogP) is 1.80. The molecule has 0 aliphatic rings. The second-order valence-electron chi connectivity index (χ2n) is 1.10. The SMILES string of the molecule is N#P(O[P](=O)Cl)OP(=O)(O)O. The summed E-state index contributed by atoms with van der Waals surface area (Å²) >= 11 is 4.71. The second-order valence-corrected chi connectivity index (χ2v) is 5.12. The fourth-order valence-corrected chi connectivity index (χ4v) is 2.19. The number of nitrogens with zero attached hydrogens (tertiary/aromatic N) is 1. The minimum Gasteiger partial charge on any atom is -0.302 e. The second kappa shape index (κ2) is 4.48. The van der Waals surface area contributed by atoms with Crippen LogP contribution in [0.4, 0.5) is 0 Å². The summed E-state index contributed by atoms with van der Waals surface area (Å²) in [6.45, 7) is 0.